The molecule has 0 aromatic carbocycles. The fourth-order valence-electron chi connectivity index (χ4n) is 2.69. The lowest BCUT2D eigenvalue weighted by atomic mass is 9.77. The third-order valence-electron chi connectivity index (χ3n) is 3.92. The van der Waals surface area contributed by atoms with Crippen molar-refractivity contribution in [3.05, 3.63) is 30.1 Å². The van der Waals surface area contributed by atoms with E-state index in [2.05, 4.69) is 24.1 Å². The highest BCUT2D eigenvalue weighted by molar-refractivity contribution is 5.82. The maximum absolute atomic E-state index is 12.6. The average Bonchev–Trinajstić information content (AvgIpc) is 2.38. The zero-order chi connectivity index (χ0) is 13.9. The van der Waals surface area contributed by atoms with Crippen LogP contribution < -0.4 is 5.32 Å². The Morgan fingerprint density at radius 2 is 2.16 bits per heavy atom. The molecule has 1 unspecified atom stereocenters. The van der Waals surface area contributed by atoms with Crippen molar-refractivity contribution in [1.29, 1.82) is 0 Å². The summed E-state index contributed by atoms with van der Waals surface area (Å²) in [7, 11) is 1.87. The molecule has 2 rings (SSSR count). The van der Waals surface area contributed by atoms with Gasteiger partial charge in [0.25, 0.3) is 0 Å². The van der Waals surface area contributed by atoms with E-state index in [0.717, 1.165) is 24.9 Å². The number of piperidine rings is 1. The highest BCUT2D eigenvalue weighted by atomic mass is 16.2. The molecule has 0 saturated carbocycles. The summed E-state index contributed by atoms with van der Waals surface area (Å²) in [6, 6.07) is 3.82. The zero-order valence-electron chi connectivity index (χ0n) is 12.0. The van der Waals surface area contributed by atoms with Crippen LogP contribution in [0.4, 0.5) is 0 Å². The van der Waals surface area contributed by atoms with Gasteiger partial charge in [0, 0.05) is 26.0 Å². The maximum Gasteiger partial charge on any atom is 0.240 e. The number of nitrogens with one attached hydrogen (secondary N) is 1. The molecule has 104 valence electrons. The number of hydrogen-bond donors (Lipinski definition) is 1. The Kier molecular flexibility index (Phi) is 4.20. The fourth-order valence-corrected chi connectivity index (χ4v) is 2.69. The Morgan fingerprint density at radius 3 is 2.79 bits per heavy atom. The molecule has 1 saturated heterocycles. The zero-order valence-corrected chi connectivity index (χ0v) is 12.0. The van der Waals surface area contributed by atoms with Gasteiger partial charge in [0.2, 0.25) is 5.91 Å². The van der Waals surface area contributed by atoms with Gasteiger partial charge in [-0.25, -0.2) is 0 Å². The number of nitrogens with zero attached hydrogens (tertiary/aromatic N) is 2. The first kappa shape index (κ1) is 14.0. The summed E-state index contributed by atoms with van der Waals surface area (Å²) in [5, 5.41) is 3.37. The molecule has 0 spiro atoms. The van der Waals surface area contributed by atoms with Crippen molar-refractivity contribution < 1.29 is 4.79 Å². The highest BCUT2D eigenvalue weighted by Gasteiger charge is 2.38. The number of carbonyl (C=O) groups excluding carboxylic acids is 1. The summed E-state index contributed by atoms with van der Waals surface area (Å²) >= 11 is 0. The molecular formula is C15H23N3O. The Hall–Kier alpha value is -1.42. The standard InChI is InChI=1S/C15H23N3O/c1-15(2)7-4-8-17-13(15)14(19)18(3)11-12-5-9-16-10-6-12/h5-6,9-10,13,17H,4,7-8,11H2,1-3H3. The number of rotatable bonds is 3. The van der Waals surface area contributed by atoms with Gasteiger partial charge in [-0.15, -0.1) is 0 Å². The van der Waals surface area contributed by atoms with Crippen LogP contribution in [0.15, 0.2) is 24.5 Å². The van der Waals surface area contributed by atoms with Crippen molar-refractivity contribution in [3.8, 4) is 0 Å². The van der Waals surface area contributed by atoms with Crippen LogP contribution in [0.25, 0.3) is 0 Å². The maximum atomic E-state index is 12.6. The molecular weight excluding hydrogens is 238 g/mol. The molecule has 1 aliphatic rings. The minimum Gasteiger partial charge on any atom is -0.340 e. The van der Waals surface area contributed by atoms with Crippen LogP contribution in [0, 0.1) is 5.41 Å². The molecule has 1 atom stereocenters. The molecule has 1 aromatic rings. The fraction of sp³-hybridized carbons (Fsp3) is 0.600. The monoisotopic (exact) mass is 261 g/mol. The topological polar surface area (TPSA) is 45.2 Å². The van der Waals surface area contributed by atoms with Crippen LogP contribution in [-0.2, 0) is 11.3 Å². The number of aromatic nitrogens is 1. The molecule has 1 aliphatic heterocycles. The first-order chi connectivity index (χ1) is 9.00. The SMILES string of the molecule is CN(Cc1ccncc1)C(=O)C1NCCCC1(C)C. The largest absolute Gasteiger partial charge is 0.340 e. The molecule has 0 radical (unpaired) electrons. The third kappa shape index (κ3) is 3.32. The Balaban J connectivity index is 2.02. The van der Waals surface area contributed by atoms with Gasteiger partial charge in [-0.3, -0.25) is 9.78 Å². The molecule has 0 bridgehead atoms. The molecule has 4 nitrogen and oxygen atoms in total. The van der Waals surface area contributed by atoms with E-state index < -0.39 is 0 Å². The second-order valence-corrected chi connectivity index (χ2v) is 6.03. The summed E-state index contributed by atoms with van der Waals surface area (Å²) in [5.41, 5.74) is 1.14. The van der Waals surface area contributed by atoms with E-state index >= 15 is 0 Å². The second kappa shape index (κ2) is 5.70. The van der Waals surface area contributed by atoms with Crippen LogP contribution in [0.5, 0.6) is 0 Å². The van der Waals surface area contributed by atoms with Crippen molar-refractivity contribution in [1.82, 2.24) is 15.2 Å². The molecule has 2 heterocycles. The van der Waals surface area contributed by atoms with E-state index in [1.165, 1.54) is 0 Å². The van der Waals surface area contributed by atoms with E-state index in [1.54, 1.807) is 17.3 Å². The normalized spacial score (nSPS) is 21.9. The van der Waals surface area contributed by atoms with Gasteiger partial charge in [-0.05, 0) is 42.5 Å². The second-order valence-electron chi connectivity index (χ2n) is 6.03. The predicted octanol–water partition coefficient (Wildman–Crippen LogP) is 1.82. The molecule has 19 heavy (non-hydrogen) atoms. The summed E-state index contributed by atoms with van der Waals surface area (Å²) in [5.74, 6) is 0.182. The first-order valence-corrected chi connectivity index (χ1v) is 6.88. The first-order valence-electron chi connectivity index (χ1n) is 6.88. The summed E-state index contributed by atoms with van der Waals surface area (Å²) in [6.45, 7) is 5.91. The van der Waals surface area contributed by atoms with Crippen LogP contribution in [0.1, 0.15) is 32.3 Å². The van der Waals surface area contributed by atoms with Crippen LogP contribution in [0.3, 0.4) is 0 Å². The minimum absolute atomic E-state index is 0.0296. The third-order valence-corrected chi connectivity index (χ3v) is 3.92. The number of likely N-dealkylation sites (N-methyl/N-ethyl adjacent to an activating group) is 1. The Labute approximate surface area is 115 Å². The predicted molar refractivity (Wildman–Crippen MR) is 75.5 cm³/mol. The van der Waals surface area contributed by atoms with Crippen molar-refractivity contribution in [3.63, 3.8) is 0 Å². The highest BCUT2D eigenvalue weighted by Crippen LogP contribution is 2.31. The van der Waals surface area contributed by atoms with Crippen LogP contribution in [0.2, 0.25) is 0 Å². The van der Waals surface area contributed by atoms with Crippen molar-refractivity contribution >= 4 is 5.91 Å². The Morgan fingerprint density at radius 1 is 1.47 bits per heavy atom. The Bertz CT molecular complexity index is 430. The van der Waals surface area contributed by atoms with Crippen molar-refractivity contribution in [2.24, 2.45) is 5.41 Å². The average molecular weight is 261 g/mol. The van der Waals surface area contributed by atoms with Gasteiger partial charge < -0.3 is 10.2 Å². The van der Waals surface area contributed by atoms with Crippen molar-refractivity contribution in [2.75, 3.05) is 13.6 Å². The quantitative estimate of drug-likeness (QED) is 0.902. The van der Waals surface area contributed by atoms with E-state index in [1.807, 2.05) is 19.2 Å². The van der Waals surface area contributed by atoms with Gasteiger partial charge in [-0.1, -0.05) is 13.8 Å². The molecule has 1 N–H and O–H groups in total. The van der Waals surface area contributed by atoms with Gasteiger partial charge in [0.05, 0.1) is 6.04 Å². The molecule has 0 aliphatic carbocycles. The smallest absolute Gasteiger partial charge is 0.240 e. The van der Waals surface area contributed by atoms with E-state index in [0.29, 0.717) is 6.54 Å². The van der Waals surface area contributed by atoms with Gasteiger partial charge in [0.15, 0.2) is 0 Å². The van der Waals surface area contributed by atoms with Crippen LogP contribution in [-0.4, -0.2) is 35.4 Å². The van der Waals surface area contributed by atoms with E-state index in [-0.39, 0.29) is 17.4 Å². The lowest BCUT2D eigenvalue weighted by Crippen LogP contribution is -2.55. The lowest BCUT2D eigenvalue weighted by Gasteiger charge is -2.40. The van der Waals surface area contributed by atoms with Crippen LogP contribution >= 0.6 is 0 Å². The summed E-state index contributed by atoms with van der Waals surface area (Å²) in [4.78, 5) is 18.4. The molecule has 1 fully saturated rings. The van der Waals surface area contributed by atoms with Crippen molar-refractivity contribution in [2.45, 2.75) is 39.3 Å². The minimum atomic E-state index is -0.0758. The number of pyridine rings is 1. The molecule has 1 amide bonds. The number of hydrogen-bond acceptors (Lipinski definition) is 3. The number of carbonyl (C=O) groups is 1. The number of amides is 1. The van der Waals surface area contributed by atoms with E-state index in [9.17, 15) is 4.79 Å². The molecule has 1 aromatic heterocycles. The van der Waals surface area contributed by atoms with Gasteiger partial charge >= 0.3 is 0 Å². The van der Waals surface area contributed by atoms with E-state index in [4.69, 9.17) is 0 Å². The lowest BCUT2D eigenvalue weighted by molar-refractivity contribution is -0.136. The summed E-state index contributed by atoms with van der Waals surface area (Å²) < 4.78 is 0. The van der Waals surface area contributed by atoms with Gasteiger partial charge in [0.1, 0.15) is 0 Å². The summed E-state index contributed by atoms with van der Waals surface area (Å²) in [6.07, 6.45) is 5.76. The van der Waals surface area contributed by atoms with Gasteiger partial charge in [-0.2, -0.15) is 0 Å². The molecule has 4 heteroatoms.